The number of methoxy groups -OCH3 is 1. The van der Waals surface area contributed by atoms with Crippen LogP contribution in [0, 0.1) is 5.41 Å². The molecule has 0 saturated carbocycles. The summed E-state index contributed by atoms with van der Waals surface area (Å²) in [5.74, 6) is 1.58. The van der Waals surface area contributed by atoms with E-state index in [9.17, 15) is 4.79 Å². The molecule has 6 heteroatoms. The molecule has 1 aromatic heterocycles. The van der Waals surface area contributed by atoms with Crippen LogP contribution in [0.1, 0.15) is 33.1 Å². The molecule has 2 fully saturated rings. The summed E-state index contributed by atoms with van der Waals surface area (Å²) in [6, 6.07) is 0.268. The molecule has 1 spiro atoms. The summed E-state index contributed by atoms with van der Waals surface area (Å²) >= 11 is 0. The largest absolute Gasteiger partial charge is 0.478 e. The van der Waals surface area contributed by atoms with Gasteiger partial charge in [0.25, 0.3) is 5.88 Å². The lowest BCUT2D eigenvalue weighted by Gasteiger charge is -2.41. The van der Waals surface area contributed by atoms with Crippen LogP contribution in [0.3, 0.4) is 0 Å². The highest BCUT2D eigenvalue weighted by Crippen LogP contribution is 2.42. The van der Waals surface area contributed by atoms with Gasteiger partial charge in [-0.15, -0.1) is 0 Å². The number of carbonyl (C=O) groups excluding carboxylic acids is 1. The third-order valence-electron chi connectivity index (χ3n) is 4.89. The van der Waals surface area contributed by atoms with E-state index in [2.05, 4.69) is 28.7 Å². The van der Waals surface area contributed by atoms with E-state index in [0.717, 1.165) is 38.2 Å². The Morgan fingerprint density at radius 3 is 2.73 bits per heavy atom. The smallest absolute Gasteiger partial charge is 0.257 e. The Morgan fingerprint density at radius 1 is 1.23 bits per heavy atom. The van der Waals surface area contributed by atoms with Gasteiger partial charge in [0.2, 0.25) is 5.91 Å². The molecule has 0 unspecified atom stereocenters. The van der Waals surface area contributed by atoms with Crippen LogP contribution in [-0.4, -0.2) is 53.6 Å². The number of carbonyl (C=O) groups is 1. The highest BCUT2D eigenvalue weighted by molar-refractivity contribution is 5.85. The zero-order valence-corrected chi connectivity index (χ0v) is 13.6. The van der Waals surface area contributed by atoms with Crippen LogP contribution >= 0.6 is 0 Å². The molecule has 2 aliphatic rings. The van der Waals surface area contributed by atoms with Crippen molar-refractivity contribution in [1.82, 2.24) is 14.9 Å². The molecule has 0 aliphatic carbocycles. The Labute approximate surface area is 131 Å². The number of nitrogens with zero attached hydrogens (tertiary/aromatic N) is 4. The minimum Gasteiger partial charge on any atom is -0.478 e. The summed E-state index contributed by atoms with van der Waals surface area (Å²) in [6.07, 6.45) is 6.23. The lowest BCUT2D eigenvalue weighted by Crippen LogP contribution is -2.52. The van der Waals surface area contributed by atoms with Gasteiger partial charge >= 0.3 is 0 Å². The van der Waals surface area contributed by atoms with Crippen molar-refractivity contribution in [2.75, 3.05) is 31.6 Å². The molecule has 0 radical (unpaired) electrons. The van der Waals surface area contributed by atoms with Gasteiger partial charge in [-0.2, -0.15) is 0 Å². The van der Waals surface area contributed by atoms with Gasteiger partial charge in [-0.1, -0.05) is 0 Å². The van der Waals surface area contributed by atoms with E-state index in [0.29, 0.717) is 18.3 Å². The first-order valence-corrected chi connectivity index (χ1v) is 7.98. The van der Waals surface area contributed by atoms with Crippen molar-refractivity contribution in [3.63, 3.8) is 0 Å². The molecule has 2 aliphatic heterocycles. The van der Waals surface area contributed by atoms with E-state index < -0.39 is 0 Å². The molecule has 1 atom stereocenters. The minimum atomic E-state index is -0.259. The van der Waals surface area contributed by atoms with E-state index >= 15 is 0 Å². The maximum Gasteiger partial charge on any atom is 0.257 e. The number of ether oxygens (including phenoxy) is 1. The number of rotatable bonds is 3. The Kier molecular flexibility index (Phi) is 3.93. The zero-order chi connectivity index (χ0) is 15.7. The summed E-state index contributed by atoms with van der Waals surface area (Å²) < 4.78 is 5.31. The van der Waals surface area contributed by atoms with Crippen LogP contribution in [0.2, 0.25) is 0 Å². The van der Waals surface area contributed by atoms with Gasteiger partial charge in [-0.05, 0) is 33.1 Å². The van der Waals surface area contributed by atoms with E-state index in [4.69, 9.17) is 4.74 Å². The summed E-state index contributed by atoms with van der Waals surface area (Å²) in [5.41, 5.74) is -0.259. The second-order valence-electron chi connectivity index (χ2n) is 6.54. The van der Waals surface area contributed by atoms with E-state index in [1.165, 1.54) is 0 Å². The normalized spacial score (nSPS) is 25.4. The number of anilines is 1. The molecule has 2 saturated heterocycles. The van der Waals surface area contributed by atoms with Crippen molar-refractivity contribution < 1.29 is 9.53 Å². The van der Waals surface area contributed by atoms with Gasteiger partial charge in [0.15, 0.2) is 5.82 Å². The van der Waals surface area contributed by atoms with Gasteiger partial charge in [-0.25, -0.2) is 9.97 Å². The van der Waals surface area contributed by atoms with Crippen LogP contribution < -0.4 is 9.64 Å². The SMILES string of the molecule is COc1nccnc1N1CC[C@]2(CCCN(C(C)C)C2=O)C1. The van der Waals surface area contributed by atoms with E-state index in [1.807, 2.05) is 4.90 Å². The Balaban J connectivity index is 1.83. The van der Waals surface area contributed by atoms with Crippen LogP contribution in [0.25, 0.3) is 0 Å². The maximum atomic E-state index is 13.0. The number of hydrogen-bond donors (Lipinski definition) is 0. The molecule has 1 aromatic rings. The molecule has 0 N–H and O–H groups in total. The summed E-state index contributed by atoms with van der Waals surface area (Å²) in [6.45, 7) is 6.61. The number of piperidine rings is 1. The van der Waals surface area contributed by atoms with Crippen molar-refractivity contribution in [2.45, 2.75) is 39.2 Å². The van der Waals surface area contributed by atoms with Gasteiger partial charge in [0, 0.05) is 38.1 Å². The molecule has 0 bridgehead atoms. The second-order valence-corrected chi connectivity index (χ2v) is 6.54. The third kappa shape index (κ3) is 2.40. The summed E-state index contributed by atoms with van der Waals surface area (Å²) in [4.78, 5) is 25.7. The van der Waals surface area contributed by atoms with E-state index in [-0.39, 0.29) is 11.5 Å². The van der Waals surface area contributed by atoms with Gasteiger partial charge in [-0.3, -0.25) is 4.79 Å². The highest BCUT2D eigenvalue weighted by atomic mass is 16.5. The first kappa shape index (κ1) is 15.1. The molecule has 6 nitrogen and oxygen atoms in total. The third-order valence-corrected chi connectivity index (χ3v) is 4.89. The molecule has 0 aromatic carbocycles. The predicted molar refractivity (Wildman–Crippen MR) is 83.9 cm³/mol. The van der Waals surface area contributed by atoms with Crippen LogP contribution in [-0.2, 0) is 4.79 Å². The Bertz CT molecular complexity index is 563. The predicted octanol–water partition coefficient (Wildman–Crippen LogP) is 1.71. The first-order chi connectivity index (χ1) is 10.6. The molecular weight excluding hydrogens is 280 g/mol. The van der Waals surface area contributed by atoms with Crippen molar-refractivity contribution in [2.24, 2.45) is 5.41 Å². The molecule has 3 rings (SSSR count). The van der Waals surface area contributed by atoms with Crippen molar-refractivity contribution in [3.05, 3.63) is 12.4 Å². The monoisotopic (exact) mass is 304 g/mol. The number of amides is 1. The van der Waals surface area contributed by atoms with Crippen molar-refractivity contribution >= 4 is 11.7 Å². The lowest BCUT2D eigenvalue weighted by atomic mass is 9.78. The molecular formula is C16H24N4O2. The van der Waals surface area contributed by atoms with Gasteiger partial charge in [0.1, 0.15) is 0 Å². The number of hydrogen-bond acceptors (Lipinski definition) is 5. The topological polar surface area (TPSA) is 58.6 Å². The van der Waals surface area contributed by atoms with Crippen LogP contribution in [0.5, 0.6) is 5.88 Å². The fourth-order valence-corrected chi connectivity index (χ4v) is 3.70. The second kappa shape index (κ2) is 5.74. The van der Waals surface area contributed by atoms with Crippen molar-refractivity contribution in [1.29, 1.82) is 0 Å². The van der Waals surface area contributed by atoms with Crippen LogP contribution in [0.15, 0.2) is 12.4 Å². The minimum absolute atomic E-state index is 0.259. The maximum absolute atomic E-state index is 13.0. The molecule has 3 heterocycles. The molecule has 1 amide bonds. The molecule has 22 heavy (non-hydrogen) atoms. The fraction of sp³-hybridized carbons (Fsp3) is 0.688. The average molecular weight is 304 g/mol. The summed E-state index contributed by atoms with van der Waals surface area (Å²) in [5, 5.41) is 0. The molecule has 120 valence electrons. The number of likely N-dealkylation sites (tertiary alicyclic amines) is 1. The standard InChI is InChI=1S/C16H24N4O2/c1-12(2)20-9-4-5-16(15(20)21)6-10-19(11-16)13-14(22-3)18-8-7-17-13/h7-8,12H,4-6,9-11H2,1-3H3/t16-/m1/s1. The fourth-order valence-electron chi connectivity index (χ4n) is 3.70. The highest BCUT2D eigenvalue weighted by Gasteiger charge is 2.49. The van der Waals surface area contributed by atoms with Gasteiger partial charge < -0.3 is 14.5 Å². The first-order valence-electron chi connectivity index (χ1n) is 7.98. The average Bonchev–Trinajstić information content (AvgIpc) is 2.95. The summed E-state index contributed by atoms with van der Waals surface area (Å²) in [7, 11) is 1.60. The Morgan fingerprint density at radius 2 is 2.00 bits per heavy atom. The Hall–Kier alpha value is -1.85. The zero-order valence-electron chi connectivity index (χ0n) is 13.6. The number of aromatic nitrogens is 2. The van der Waals surface area contributed by atoms with Crippen LogP contribution in [0.4, 0.5) is 5.82 Å². The van der Waals surface area contributed by atoms with Gasteiger partial charge in [0.05, 0.1) is 12.5 Å². The van der Waals surface area contributed by atoms with Crippen molar-refractivity contribution in [3.8, 4) is 5.88 Å². The van der Waals surface area contributed by atoms with E-state index in [1.54, 1.807) is 19.5 Å². The lowest BCUT2D eigenvalue weighted by molar-refractivity contribution is -0.147. The quantitative estimate of drug-likeness (QED) is 0.851.